The molecule has 3 aromatic rings. The molecule has 0 bridgehead atoms. The maximum absolute atomic E-state index is 12.8. The van der Waals surface area contributed by atoms with E-state index in [1.807, 2.05) is 36.4 Å². The van der Waals surface area contributed by atoms with Gasteiger partial charge in [-0.1, -0.05) is 48.5 Å². The van der Waals surface area contributed by atoms with Crippen LogP contribution in [0.2, 0.25) is 0 Å². The fourth-order valence-electron chi connectivity index (χ4n) is 4.01. The van der Waals surface area contributed by atoms with Gasteiger partial charge < -0.3 is 9.84 Å². The summed E-state index contributed by atoms with van der Waals surface area (Å²) >= 11 is 0. The number of carbonyl (C=O) groups is 2. The summed E-state index contributed by atoms with van der Waals surface area (Å²) in [5, 5.41) is 9.34. The third-order valence-electron chi connectivity index (χ3n) is 5.34. The average Bonchev–Trinajstić information content (AvgIpc) is 3.34. The van der Waals surface area contributed by atoms with Crippen molar-refractivity contribution in [1.29, 1.82) is 0 Å². The number of fused-ring (bicyclic) bond motifs is 4. The van der Waals surface area contributed by atoms with Crippen LogP contribution in [0.5, 0.6) is 0 Å². The number of carbonyl (C=O) groups excluding carboxylic acids is 1. The van der Waals surface area contributed by atoms with Crippen LogP contribution in [0.1, 0.15) is 17.0 Å². The second-order valence-corrected chi connectivity index (χ2v) is 6.98. The Bertz CT molecular complexity index is 1120. The van der Waals surface area contributed by atoms with E-state index in [1.165, 1.54) is 21.9 Å². The fraction of sp³-hybridized carbons (Fsp3) is 0.136. The van der Waals surface area contributed by atoms with Crippen molar-refractivity contribution in [2.75, 3.05) is 18.1 Å². The van der Waals surface area contributed by atoms with Gasteiger partial charge in [-0.05, 0) is 22.3 Å². The smallest absolute Gasteiger partial charge is 0.417 e. The Labute approximate surface area is 166 Å². The number of benzene rings is 2. The molecule has 7 heteroatoms. The van der Waals surface area contributed by atoms with Gasteiger partial charge in [-0.2, -0.15) is 0 Å². The maximum atomic E-state index is 12.8. The van der Waals surface area contributed by atoms with E-state index in [0.717, 1.165) is 22.3 Å². The first kappa shape index (κ1) is 17.2. The molecule has 1 aromatic heterocycles. The largest absolute Gasteiger partial charge is 0.478 e. The SMILES string of the molecule is O=C(O)C1=Cn2ccnc2N(C(=O)OCC2c3ccccc3-c3ccccc32)C1. The number of nitrogens with zero attached hydrogens (tertiary/aromatic N) is 3. The zero-order valence-corrected chi connectivity index (χ0v) is 15.4. The highest BCUT2D eigenvalue weighted by atomic mass is 16.6. The second kappa shape index (κ2) is 6.63. The third-order valence-corrected chi connectivity index (χ3v) is 5.34. The number of rotatable bonds is 3. The Kier molecular flexibility index (Phi) is 3.94. The van der Waals surface area contributed by atoms with E-state index in [4.69, 9.17) is 4.74 Å². The second-order valence-electron chi connectivity index (χ2n) is 6.98. The quantitative estimate of drug-likeness (QED) is 0.743. The molecule has 144 valence electrons. The molecule has 0 fully saturated rings. The third kappa shape index (κ3) is 2.79. The summed E-state index contributed by atoms with van der Waals surface area (Å²) in [7, 11) is 0. The van der Waals surface area contributed by atoms with Gasteiger partial charge in [0.1, 0.15) is 6.61 Å². The normalized spacial score (nSPS) is 14.6. The lowest BCUT2D eigenvalue weighted by atomic mass is 9.98. The molecule has 1 aliphatic carbocycles. The lowest BCUT2D eigenvalue weighted by Gasteiger charge is -2.26. The van der Waals surface area contributed by atoms with Crippen molar-refractivity contribution in [2.24, 2.45) is 0 Å². The minimum Gasteiger partial charge on any atom is -0.478 e. The van der Waals surface area contributed by atoms with Crippen LogP contribution in [-0.4, -0.2) is 39.9 Å². The molecule has 0 unspecified atom stereocenters. The van der Waals surface area contributed by atoms with Crippen LogP contribution < -0.4 is 4.90 Å². The van der Waals surface area contributed by atoms with E-state index in [0.29, 0.717) is 5.95 Å². The molecule has 7 nitrogen and oxygen atoms in total. The summed E-state index contributed by atoms with van der Waals surface area (Å²) in [4.78, 5) is 29.7. The van der Waals surface area contributed by atoms with Gasteiger partial charge >= 0.3 is 12.1 Å². The topological polar surface area (TPSA) is 84.7 Å². The van der Waals surface area contributed by atoms with Crippen LogP contribution in [0.4, 0.5) is 10.7 Å². The zero-order chi connectivity index (χ0) is 20.0. The molecule has 29 heavy (non-hydrogen) atoms. The van der Waals surface area contributed by atoms with Crippen molar-refractivity contribution in [3.63, 3.8) is 0 Å². The van der Waals surface area contributed by atoms with E-state index >= 15 is 0 Å². The summed E-state index contributed by atoms with van der Waals surface area (Å²) < 4.78 is 7.16. The standard InChI is InChI=1S/C22H17N3O4/c26-20(27)14-11-24-10-9-23-21(24)25(12-14)22(28)29-13-19-17-7-3-1-5-15(17)16-6-2-4-8-18(16)19/h1-11,19H,12-13H2,(H,26,27). The van der Waals surface area contributed by atoms with Crippen LogP contribution in [0, 0.1) is 0 Å². The Hall–Kier alpha value is -3.87. The lowest BCUT2D eigenvalue weighted by Crippen LogP contribution is -2.39. The number of imidazole rings is 1. The summed E-state index contributed by atoms with van der Waals surface area (Å²) in [5.41, 5.74) is 4.62. The molecule has 1 N–H and O–H groups in total. The minimum atomic E-state index is -1.08. The molecule has 2 aliphatic rings. The summed E-state index contributed by atoms with van der Waals surface area (Å²) in [6, 6.07) is 16.2. The van der Waals surface area contributed by atoms with Crippen molar-refractivity contribution < 1.29 is 19.4 Å². The molecule has 2 aromatic carbocycles. The Balaban J connectivity index is 1.39. The van der Waals surface area contributed by atoms with Crippen molar-refractivity contribution in [1.82, 2.24) is 9.55 Å². The van der Waals surface area contributed by atoms with Gasteiger partial charge in [0, 0.05) is 24.5 Å². The zero-order valence-electron chi connectivity index (χ0n) is 15.4. The Morgan fingerprint density at radius 3 is 2.38 bits per heavy atom. The van der Waals surface area contributed by atoms with Crippen molar-refractivity contribution in [2.45, 2.75) is 5.92 Å². The molecule has 0 saturated heterocycles. The van der Waals surface area contributed by atoms with Gasteiger partial charge in [0.2, 0.25) is 5.95 Å². The molecule has 1 aliphatic heterocycles. The molecule has 1 amide bonds. The van der Waals surface area contributed by atoms with E-state index in [2.05, 4.69) is 17.1 Å². The van der Waals surface area contributed by atoms with Crippen LogP contribution >= 0.6 is 0 Å². The van der Waals surface area contributed by atoms with Crippen LogP contribution in [0.15, 0.2) is 66.5 Å². The Morgan fingerprint density at radius 1 is 1.07 bits per heavy atom. The highest BCUT2D eigenvalue weighted by molar-refractivity contribution is 5.97. The fourth-order valence-corrected chi connectivity index (χ4v) is 4.01. The number of ether oxygens (including phenoxy) is 1. The predicted octanol–water partition coefficient (Wildman–Crippen LogP) is 3.58. The summed E-state index contributed by atoms with van der Waals surface area (Å²) in [6.45, 7) is 0.0687. The molecular weight excluding hydrogens is 370 g/mol. The van der Waals surface area contributed by atoms with Crippen LogP contribution in [0.25, 0.3) is 17.3 Å². The average molecular weight is 387 g/mol. The first-order chi connectivity index (χ1) is 14.1. The van der Waals surface area contributed by atoms with Crippen molar-refractivity contribution in [3.05, 3.63) is 77.6 Å². The van der Waals surface area contributed by atoms with Gasteiger partial charge in [-0.15, -0.1) is 0 Å². The van der Waals surface area contributed by atoms with Gasteiger partial charge in [0.15, 0.2) is 0 Å². The highest BCUT2D eigenvalue weighted by Crippen LogP contribution is 2.44. The van der Waals surface area contributed by atoms with Gasteiger partial charge in [-0.3, -0.25) is 4.57 Å². The van der Waals surface area contributed by atoms with Crippen molar-refractivity contribution >= 4 is 24.2 Å². The van der Waals surface area contributed by atoms with Gasteiger partial charge in [0.05, 0.1) is 12.1 Å². The molecule has 2 heterocycles. The van der Waals surface area contributed by atoms with E-state index in [1.54, 1.807) is 6.20 Å². The summed E-state index contributed by atoms with van der Waals surface area (Å²) in [6.07, 6.45) is 3.95. The molecule has 0 saturated carbocycles. The van der Waals surface area contributed by atoms with Crippen molar-refractivity contribution in [3.8, 4) is 11.1 Å². The number of aromatic nitrogens is 2. The number of hydrogen-bond donors (Lipinski definition) is 1. The van der Waals surface area contributed by atoms with Crippen LogP contribution in [0.3, 0.4) is 0 Å². The number of hydrogen-bond acceptors (Lipinski definition) is 4. The van der Waals surface area contributed by atoms with Gasteiger partial charge in [0.25, 0.3) is 0 Å². The number of aliphatic carboxylic acids is 1. The molecule has 0 spiro atoms. The number of carboxylic acids is 1. The first-order valence-electron chi connectivity index (χ1n) is 9.23. The van der Waals surface area contributed by atoms with E-state index in [-0.39, 0.29) is 24.6 Å². The highest BCUT2D eigenvalue weighted by Gasteiger charge is 2.32. The summed E-state index contributed by atoms with van der Waals surface area (Å²) in [5.74, 6) is -0.807. The number of carboxylic acid groups (broad SMARTS) is 1. The monoisotopic (exact) mass is 387 g/mol. The Morgan fingerprint density at radius 2 is 1.72 bits per heavy atom. The predicted molar refractivity (Wildman–Crippen MR) is 107 cm³/mol. The minimum absolute atomic E-state index is 0.0645. The molecule has 0 radical (unpaired) electrons. The van der Waals surface area contributed by atoms with E-state index in [9.17, 15) is 14.7 Å². The molecular formula is C22H17N3O4. The maximum Gasteiger partial charge on any atom is 0.417 e. The molecule has 5 rings (SSSR count). The van der Waals surface area contributed by atoms with Gasteiger partial charge in [-0.25, -0.2) is 19.5 Å². The van der Waals surface area contributed by atoms with E-state index < -0.39 is 12.1 Å². The van der Waals surface area contributed by atoms with Crippen LogP contribution in [-0.2, 0) is 9.53 Å². The molecule has 0 atom stereocenters. The lowest BCUT2D eigenvalue weighted by molar-refractivity contribution is -0.132. The number of anilines is 1. The number of amides is 1. The first-order valence-corrected chi connectivity index (χ1v) is 9.23.